The van der Waals surface area contributed by atoms with Crippen LogP contribution in [0.25, 0.3) is 12.2 Å². The second-order valence-corrected chi connectivity index (χ2v) is 12.1. The molecule has 0 spiro atoms. The summed E-state index contributed by atoms with van der Waals surface area (Å²) in [6.07, 6.45) is 3.46. The molecule has 212 valence electrons. The van der Waals surface area contributed by atoms with Crippen LogP contribution < -0.4 is 19.1 Å². The molecule has 40 heavy (non-hydrogen) atoms. The smallest absolute Gasteiger partial charge is 0.308 e. The highest BCUT2D eigenvalue weighted by atomic mass is 28.2. The van der Waals surface area contributed by atoms with Crippen molar-refractivity contribution in [2.75, 3.05) is 0 Å². The van der Waals surface area contributed by atoms with Gasteiger partial charge in [0.15, 0.2) is 0 Å². The molecule has 0 aliphatic rings. The third-order valence-electron chi connectivity index (χ3n) is 6.54. The molecule has 3 aromatic carbocycles. The maximum atomic E-state index is 11.6. The van der Waals surface area contributed by atoms with E-state index in [1.54, 1.807) is 42.5 Å². The van der Waals surface area contributed by atoms with E-state index in [4.69, 9.17) is 13.9 Å². The van der Waals surface area contributed by atoms with Gasteiger partial charge in [-0.25, -0.2) is 0 Å². The molecule has 3 rings (SSSR count). The molecular formula is C33H40O6Si. The van der Waals surface area contributed by atoms with E-state index in [9.17, 15) is 14.7 Å². The normalized spacial score (nSPS) is 11.8. The van der Waals surface area contributed by atoms with Crippen LogP contribution in [0.2, 0.25) is 0 Å². The average molecular weight is 561 g/mol. The molecule has 0 bridgehead atoms. The van der Waals surface area contributed by atoms with E-state index in [0.717, 1.165) is 5.56 Å². The van der Waals surface area contributed by atoms with Crippen LogP contribution in [0.15, 0.2) is 48.5 Å². The van der Waals surface area contributed by atoms with E-state index in [2.05, 4.69) is 53.7 Å². The van der Waals surface area contributed by atoms with Crippen molar-refractivity contribution in [2.45, 2.75) is 73.1 Å². The predicted molar refractivity (Wildman–Crippen MR) is 164 cm³/mol. The zero-order chi connectivity index (χ0) is 29.6. The number of carbonyl (C=O) groups is 2. The highest BCUT2D eigenvalue weighted by Crippen LogP contribution is 2.34. The fraction of sp³-hybridized carbons (Fsp3) is 0.333. The number of hydrogen-bond acceptors (Lipinski definition) is 6. The molecule has 0 aliphatic carbocycles. The van der Waals surface area contributed by atoms with Crippen LogP contribution in [0.4, 0.5) is 0 Å². The molecule has 0 heterocycles. The second-order valence-electron chi connectivity index (χ2n) is 10.8. The summed E-state index contributed by atoms with van der Waals surface area (Å²) in [6.45, 7) is 16.1. The van der Waals surface area contributed by atoms with Gasteiger partial charge in [-0.05, 0) is 70.0 Å². The third-order valence-corrected chi connectivity index (χ3v) is 7.93. The van der Waals surface area contributed by atoms with E-state index >= 15 is 0 Å². The lowest BCUT2D eigenvalue weighted by Crippen LogP contribution is -2.28. The summed E-state index contributed by atoms with van der Waals surface area (Å²) in [5.74, 6) is 1.45. The number of carbonyl (C=O) groups excluding carboxylic acids is 2. The fourth-order valence-corrected chi connectivity index (χ4v) is 6.46. The van der Waals surface area contributed by atoms with E-state index in [1.807, 2.05) is 0 Å². The summed E-state index contributed by atoms with van der Waals surface area (Å²) in [5.41, 5.74) is 5.25. The molecule has 0 fully saturated rings. The van der Waals surface area contributed by atoms with Gasteiger partial charge < -0.3 is 19.0 Å². The maximum absolute atomic E-state index is 11.6. The van der Waals surface area contributed by atoms with E-state index in [0.29, 0.717) is 34.8 Å². The van der Waals surface area contributed by atoms with Crippen molar-refractivity contribution >= 4 is 39.0 Å². The van der Waals surface area contributed by atoms with E-state index in [-0.39, 0.29) is 11.5 Å². The lowest BCUT2D eigenvalue weighted by atomic mass is 9.83. The number of phenolic OH excluding ortho intramolecular Hbond substituents is 1. The number of phenols is 1. The van der Waals surface area contributed by atoms with Crippen molar-refractivity contribution in [3.05, 3.63) is 76.3 Å². The Kier molecular flexibility index (Phi) is 10.3. The Balaban J connectivity index is 2.04. The van der Waals surface area contributed by atoms with Crippen molar-refractivity contribution in [1.29, 1.82) is 0 Å². The topological polar surface area (TPSA) is 82.1 Å². The minimum atomic E-state index is -1.24. The first kappa shape index (κ1) is 30.7. The first-order valence-electron chi connectivity index (χ1n) is 13.7. The van der Waals surface area contributed by atoms with Gasteiger partial charge in [0.1, 0.15) is 23.0 Å². The first-order chi connectivity index (χ1) is 18.9. The zero-order valence-corrected chi connectivity index (χ0v) is 26.1. The predicted octanol–water partition coefficient (Wildman–Crippen LogP) is 6.57. The van der Waals surface area contributed by atoms with Gasteiger partial charge in [0.2, 0.25) is 0 Å². The standard InChI is InChI=1S/C33H40O6Si/c1-19(2)26-16-17-31(33(21(5)6)32(26)20(3)4)40-39-30-18-25(37-22(7)34)14-12-24(30)13-15-27-28(36)10-9-11-29(27)38-23(8)35/h9-21,36H,40H2,1-8H3. The van der Waals surface area contributed by atoms with Crippen molar-refractivity contribution < 1.29 is 28.6 Å². The molecule has 7 heteroatoms. The van der Waals surface area contributed by atoms with Crippen LogP contribution in [0, 0.1) is 0 Å². The molecule has 0 atom stereocenters. The Morgan fingerprint density at radius 1 is 0.775 bits per heavy atom. The molecule has 3 aromatic rings. The van der Waals surface area contributed by atoms with Crippen molar-refractivity contribution in [3.8, 4) is 23.0 Å². The monoisotopic (exact) mass is 560 g/mol. The molecule has 0 saturated heterocycles. The van der Waals surface area contributed by atoms with Crippen LogP contribution in [-0.4, -0.2) is 26.8 Å². The summed E-state index contributed by atoms with van der Waals surface area (Å²) in [5, 5.41) is 11.7. The Hall–Kier alpha value is -3.84. The zero-order valence-electron chi connectivity index (χ0n) is 24.7. The van der Waals surface area contributed by atoms with Gasteiger partial charge in [-0.1, -0.05) is 65.8 Å². The number of aromatic hydroxyl groups is 1. The Labute approximate surface area is 239 Å². The number of hydrogen-bond donors (Lipinski definition) is 1. The molecule has 1 N–H and O–H groups in total. The summed E-state index contributed by atoms with van der Waals surface area (Å²) < 4.78 is 17.1. The highest BCUT2D eigenvalue weighted by Gasteiger charge is 2.21. The van der Waals surface area contributed by atoms with E-state index < -0.39 is 21.7 Å². The van der Waals surface area contributed by atoms with Crippen molar-refractivity contribution in [2.24, 2.45) is 0 Å². The summed E-state index contributed by atoms with van der Waals surface area (Å²) in [7, 11) is -1.24. The number of benzene rings is 3. The van der Waals surface area contributed by atoms with Gasteiger partial charge in [-0.3, -0.25) is 9.59 Å². The Bertz CT molecular complexity index is 1400. The first-order valence-corrected chi connectivity index (χ1v) is 15.0. The molecule has 6 nitrogen and oxygen atoms in total. The molecule has 0 saturated carbocycles. The summed E-state index contributed by atoms with van der Waals surface area (Å²) >= 11 is 0. The SMILES string of the molecule is CC(=O)Oc1ccc(C=Cc2c(O)cccc2OC(C)=O)c(O[SiH2]c2ccc(C(C)C)c(C(C)C)c2C(C)C)c1. The quantitative estimate of drug-likeness (QED) is 0.131. The van der Waals surface area contributed by atoms with Crippen molar-refractivity contribution in [3.63, 3.8) is 0 Å². The van der Waals surface area contributed by atoms with Gasteiger partial charge in [0, 0.05) is 25.5 Å². The van der Waals surface area contributed by atoms with Gasteiger partial charge in [-0.15, -0.1) is 0 Å². The summed E-state index contributed by atoms with van der Waals surface area (Å²) in [4.78, 5) is 23.2. The molecule has 0 radical (unpaired) electrons. The molecule has 0 aliphatic heterocycles. The minimum absolute atomic E-state index is 0.0172. The van der Waals surface area contributed by atoms with Crippen LogP contribution in [0.1, 0.15) is 101 Å². The van der Waals surface area contributed by atoms with Gasteiger partial charge in [-0.2, -0.15) is 0 Å². The van der Waals surface area contributed by atoms with E-state index in [1.165, 1.54) is 41.8 Å². The number of esters is 2. The third kappa shape index (κ3) is 7.63. The minimum Gasteiger partial charge on any atom is -0.544 e. The molecule has 0 unspecified atom stereocenters. The van der Waals surface area contributed by atoms with Gasteiger partial charge in [0.05, 0.1) is 5.56 Å². The molecular weight excluding hydrogens is 520 g/mol. The highest BCUT2D eigenvalue weighted by molar-refractivity contribution is 6.48. The second kappa shape index (κ2) is 13.5. The summed E-state index contributed by atoms with van der Waals surface area (Å²) in [6, 6.07) is 14.4. The van der Waals surface area contributed by atoms with Crippen LogP contribution in [0.3, 0.4) is 0 Å². The van der Waals surface area contributed by atoms with Gasteiger partial charge >= 0.3 is 11.9 Å². The lowest BCUT2D eigenvalue weighted by Gasteiger charge is -2.25. The Morgan fingerprint density at radius 3 is 2.05 bits per heavy atom. The maximum Gasteiger partial charge on any atom is 0.308 e. The van der Waals surface area contributed by atoms with Crippen LogP contribution >= 0.6 is 0 Å². The average Bonchev–Trinajstić information content (AvgIpc) is 2.86. The van der Waals surface area contributed by atoms with Gasteiger partial charge in [0.25, 0.3) is 9.76 Å². The van der Waals surface area contributed by atoms with Crippen LogP contribution in [0.5, 0.6) is 23.0 Å². The van der Waals surface area contributed by atoms with Crippen LogP contribution in [-0.2, 0) is 9.59 Å². The number of ether oxygens (including phenoxy) is 2. The molecule has 0 amide bonds. The largest absolute Gasteiger partial charge is 0.544 e. The lowest BCUT2D eigenvalue weighted by molar-refractivity contribution is -0.132. The Morgan fingerprint density at radius 2 is 1.45 bits per heavy atom. The fourth-order valence-electron chi connectivity index (χ4n) is 4.93. The van der Waals surface area contributed by atoms with Crippen molar-refractivity contribution in [1.82, 2.24) is 0 Å². The number of rotatable bonds is 10. The molecule has 0 aromatic heterocycles.